The number of hydrogen-bond donors (Lipinski definition) is 2. The normalized spacial score (nSPS) is 50.5. The lowest BCUT2D eigenvalue weighted by atomic mass is 9.96. The van der Waals surface area contributed by atoms with Gasteiger partial charge in [0.15, 0.2) is 10.3 Å². The monoisotopic (exact) mass is 264 g/mol. The standard InChI is InChI=1S/C9H13BrO4/c1-8(2)13-5-3-4-6(11)9(10,12)7(5)14-8/h3-7,11-12H,1-2H3/t5-,6+,7-,9+/m0/s1. The van der Waals surface area contributed by atoms with Gasteiger partial charge in [-0.05, 0) is 29.8 Å². The van der Waals surface area contributed by atoms with Gasteiger partial charge in [-0.1, -0.05) is 12.2 Å². The molecule has 2 aliphatic rings. The fourth-order valence-corrected chi connectivity index (χ4v) is 2.27. The second-order valence-electron chi connectivity index (χ2n) is 4.08. The first-order valence-corrected chi connectivity index (χ1v) is 5.25. The third-order valence-electron chi connectivity index (χ3n) is 2.43. The van der Waals surface area contributed by atoms with Crippen molar-refractivity contribution in [3.63, 3.8) is 0 Å². The Hall–Kier alpha value is 0.0600. The molecule has 1 aliphatic heterocycles. The molecule has 0 radical (unpaired) electrons. The van der Waals surface area contributed by atoms with Crippen molar-refractivity contribution in [3.05, 3.63) is 12.2 Å². The Morgan fingerprint density at radius 3 is 2.57 bits per heavy atom. The molecule has 0 aromatic carbocycles. The van der Waals surface area contributed by atoms with E-state index in [1.807, 2.05) is 0 Å². The van der Waals surface area contributed by atoms with E-state index in [1.54, 1.807) is 19.9 Å². The number of aliphatic hydroxyl groups is 2. The summed E-state index contributed by atoms with van der Waals surface area (Å²) in [6.45, 7) is 3.54. The molecule has 1 fully saturated rings. The van der Waals surface area contributed by atoms with Gasteiger partial charge in [0.05, 0.1) is 0 Å². The molecule has 80 valence electrons. The van der Waals surface area contributed by atoms with Crippen molar-refractivity contribution in [3.8, 4) is 0 Å². The molecule has 1 heterocycles. The maximum atomic E-state index is 9.96. The van der Waals surface area contributed by atoms with Crippen molar-refractivity contribution in [2.45, 2.75) is 42.5 Å². The minimum atomic E-state index is -1.47. The Balaban J connectivity index is 2.29. The number of alkyl halides is 1. The number of fused-ring (bicyclic) bond motifs is 1. The smallest absolute Gasteiger partial charge is 0.178 e. The van der Waals surface area contributed by atoms with Gasteiger partial charge in [-0.3, -0.25) is 0 Å². The van der Waals surface area contributed by atoms with E-state index in [2.05, 4.69) is 15.9 Å². The minimum absolute atomic E-state index is 0.322. The second-order valence-corrected chi connectivity index (χ2v) is 5.35. The molecule has 4 atom stereocenters. The van der Waals surface area contributed by atoms with Gasteiger partial charge in [-0.15, -0.1) is 0 Å². The Bertz CT molecular complexity index is 274. The summed E-state index contributed by atoms with van der Waals surface area (Å²) in [6, 6.07) is 0. The molecule has 5 heteroatoms. The molecule has 14 heavy (non-hydrogen) atoms. The van der Waals surface area contributed by atoms with Crippen LogP contribution in [0.15, 0.2) is 12.2 Å². The van der Waals surface area contributed by atoms with Crippen LogP contribution >= 0.6 is 15.9 Å². The van der Waals surface area contributed by atoms with E-state index in [0.29, 0.717) is 0 Å². The lowest BCUT2D eigenvalue weighted by Crippen LogP contribution is -2.52. The zero-order chi connectivity index (χ0) is 10.6. The highest BCUT2D eigenvalue weighted by atomic mass is 79.9. The van der Waals surface area contributed by atoms with Crippen molar-refractivity contribution < 1.29 is 19.7 Å². The molecule has 0 saturated carbocycles. The fraction of sp³-hybridized carbons (Fsp3) is 0.778. The average Bonchev–Trinajstić information content (AvgIpc) is 2.35. The van der Waals surface area contributed by atoms with E-state index in [1.165, 1.54) is 6.08 Å². The Labute approximate surface area is 90.6 Å². The van der Waals surface area contributed by atoms with Crippen LogP contribution in [0.2, 0.25) is 0 Å². The van der Waals surface area contributed by atoms with Crippen LogP contribution in [0.25, 0.3) is 0 Å². The van der Waals surface area contributed by atoms with E-state index in [0.717, 1.165) is 0 Å². The van der Waals surface area contributed by atoms with E-state index >= 15 is 0 Å². The molecule has 0 spiro atoms. The minimum Gasteiger partial charge on any atom is -0.385 e. The molecule has 0 bridgehead atoms. The topological polar surface area (TPSA) is 58.9 Å². The van der Waals surface area contributed by atoms with Crippen LogP contribution in [0.4, 0.5) is 0 Å². The van der Waals surface area contributed by atoms with Gasteiger partial charge in [0.25, 0.3) is 0 Å². The van der Waals surface area contributed by atoms with Crippen LogP contribution in [0, 0.1) is 0 Å². The van der Waals surface area contributed by atoms with Gasteiger partial charge in [-0.25, -0.2) is 0 Å². The molecule has 0 unspecified atom stereocenters. The SMILES string of the molecule is CC1(C)O[C@H]2C=C[C@@H](O)[C@](O)(Br)[C@H]2O1. The fourth-order valence-electron chi connectivity index (χ4n) is 1.76. The Morgan fingerprint density at radius 1 is 1.29 bits per heavy atom. The van der Waals surface area contributed by atoms with Gasteiger partial charge < -0.3 is 19.7 Å². The van der Waals surface area contributed by atoms with Crippen LogP contribution < -0.4 is 0 Å². The predicted molar refractivity (Wildman–Crippen MR) is 52.8 cm³/mol. The summed E-state index contributed by atoms with van der Waals surface area (Å²) in [7, 11) is 0. The number of halogens is 1. The third-order valence-corrected chi connectivity index (χ3v) is 3.35. The van der Waals surface area contributed by atoms with Crippen molar-refractivity contribution in [2.24, 2.45) is 0 Å². The molecular formula is C9H13BrO4. The Morgan fingerprint density at radius 2 is 1.93 bits per heavy atom. The Kier molecular flexibility index (Phi) is 2.28. The zero-order valence-electron chi connectivity index (χ0n) is 7.98. The highest BCUT2D eigenvalue weighted by Crippen LogP contribution is 2.41. The average molecular weight is 265 g/mol. The van der Waals surface area contributed by atoms with Crippen molar-refractivity contribution in [1.29, 1.82) is 0 Å². The number of hydrogen-bond acceptors (Lipinski definition) is 4. The quantitative estimate of drug-likeness (QED) is 0.495. The van der Waals surface area contributed by atoms with Gasteiger partial charge in [0, 0.05) is 0 Å². The molecule has 2 N–H and O–H groups in total. The van der Waals surface area contributed by atoms with Crippen LogP contribution in [-0.2, 0) is 9.47 Å². The van der Waals surface area contributed by atoms with Crippen LogP contribution in [0.3, 0.4) is 0 Å². The first-order valence-electron chi connectivity index (χ1n) is 4.46. The molecule has 0 amide bonds. The molecule has 1 aliphatic carbocycles. The summed E-state index contributed by atoms with van der Waals surface area (Å²) < 4.78 is 9.56. The highest BCUT2D eigenvalue weighted by Gasteiger charge is 2.55. The summed E-state index contributed by atoms with van der Waals surface area (Å²) in [5.74, 6) is -0.731. The lowest BCUT2D eigenvalue weighted by Gasteiger charge is -2.35. The number of aliphatic hydroxyl groups excluding tert-OH is 1. The van der Waals surface area contributed by atoms with Crippen molar-refractivity contribution in [2.75, 3.05) is 0 Å². The van der Waals surface area contributed by atoms with E-state index < -0.39 is 22.5 Å². The van der Waals surface area contributed by atoms with E-state index in [9.17, 15) is 10.2 Å². The summed E-state index contributed by atoms with van der Waals surface area (Å²) >= 11 is 3.07. The molecule has 0 aromatic heterocycles. The van der Waals surface area contributed by atoms with Crippen molar-refractivity contribution in [1.82, 2.24) is 0 Å². The first-order chi connectivity index (χ1) is 6.33. The molecule has 0 aromatic rings. The van der Waals surface area contributed by atoms with E-state index in [-0.39, 0.29) is 6.10 Å². The van der Waals surface area contributed by atoms with Gasteiger partial charge in [0.1, 0.15) is 18.3 Å². The summed E-state index contributed by atoms with van der Waals surface area (Å²) in [4.78, 5) is 0. The van der Waals surface area contributed by atoms with Crippen LogP contribution in [0.5, 0.6) is 0 Å². The molecule has 4 nitrogen and oxygen atoms in total. The molecular weight excluding hydrogens is 252 g/mol. The summed E-state index contributed by atoms with van der Waals surface area (Å²) in [5, 5.41) is 19.5. The maximum Gasteiger partial charge on any atom is 0.178 e. The van der Waals surface area contributed by atoms with Gasteiger partial charge in [0.2, 0.25) is 0 Å². The lowest BCUT2D eigenvalue weighted by molar-refractivity contribution is -0.162. The maximum absolute atomic E-state index is 9.96. The first kappa shape index (κ1) is 10.6. The summed E-state index contributed by atoms with van der Waals surface area (Å²) in [5.41, 5.74) is 0. The highest BCUT2D eigenvalue weighted by molar-refractivity contribution is 9.10. The van der Waals surface area contributed by atoms with Crippen molar-refractivity contribution >= 4 is 15.9 Å². The second kappa shape index (κ2) is 3.02. The number of ether oxygens (including phenoxy) is 2. The summed E-state index contributed by atoms with van der Waals surface area (Å²) in [6.07, 6.45) is 1.32. The van der Waals surface area contributed by atoms with Gasteiger partial charge >= 0.3 is 0 Å². The number of rotatable bonds is 0. The molecule has 1 saturated heterocycles. The largest absolute Gasteiger partial charge is 0.385 e. The zero-order valence-corrected chi connectivity index (χ0v) is 9.56. The molecule has 2 rings (SSSR count). The van der Waals surface area contributed by atoms with E-state index in [4.69, 9.17) is 9.47 Å². The van der Waals surface area contributed by atoms with Crippen LogP contribution in [-0.4, -0.2) is 38.8 Å². The third kappa shape index (κ3) is 1.53. The predicted octanol–water partition coefficient (Wildman–Crippen LogP) is 0.521. The van der Waals surface area contributed by atoms with Gasteiger partial charge in [-0.2, -0.15) is 0 Å². The van der Waals surface area contributed by atoms with Crippen LogP contribution in [0.1, 0.15) is 13.8 Å².